The lowest BCUT2D eigenvalue weighted by atomic mass is 10.1. The van der Waals surface area contributed by atoms with Gasteiger partial charge in [0, 0.05) is 32.8 Å². The van der Waals surface area contributed by atoms with Gasteiger partial charge in [-0.15, -0.1) is 5.10 Å². The first-order valence-corrected chi connectivity index (χ1v) is 10.4. The molecule has 152 valence electrons. The van der Waals surface area contributed by atoms with Gasteiger partial charge in [-0.2, -0.15) is 0 Å². The molecule has 0 aliphatic carbocycles. The second-order valence-electron chi connectivity index (χ2n) is 7.63. The number of halogens is 1. The van der Waals surface area contributed by atoms with Gasteiger partial charge in [0.2, 0.25) is 0 Å². The van der Waals surface area contributed by atoms with Gasteiger partial charge in [-0.3, -0.25) is 4.90 Å². The van der Waals surface area contributed by atoms with Crippen LogP contribution in [0.25, 0.3) is 0 Å². The quantitative estimate of drug-likeness (QED) is 0.727. The predicted molar refractivity (Wildman–Crippen MR) is 105 cm³/mol. The summed E-state index contributed by atoms with van der Waals surface area (Å²) in [5, 5.41) is 12.6. The van der Waals surface area contributed by atoms with E-state index >= 15 is 0 Å². The summed E-state index contributed by atoms with van der Waals surface area (Å²) in [6.07, 6.45) is 4.45. The normalized spacial score (nSPS) is 21.9. The lowest BCUT2D eigenvalue weighted by Gasteiger charge is -2.39. The van der Waals surface area contributed by atoms with Crippen molar-refractivity contribution in [2.75, 3.05) is 37.7 Å². The Morgan fingerprint density at radius 1 is 1.21 bits per heavy atom. The largest absolute Gasteiger partial charge is 0.376 e. The molecule has 0 saturated carbocycles. The topological polar surface area (TPSA) is 59.3 Å². The maximum absolute atomic E-state index is 14.1. The van der Waals surface area contributed by atoms with Crippen molar-refractivity contribution in [2.24, 2.45) is 0 Å². The van der Waals surface area contributed by atoms with Gasteiger partial charge in [-0.1, -0.05) is 25.5 Å². The number of aromatic nitrogens is 4. The number of benzene rings is 1. The number of hydrogen-bond acceptors (Lipinski definition) is 6. The Bertz CT molecular complexity index is 755. The van der Waals surface area contributed by atoms with E-state index in [4.69, 9.17) is 4.74 Å². The summed E-state index contributed by atoms with van der Waals surface area (Å²) < 4.78 is 21.8. The maximum atomic E-state index is 14.1. The highest BCUT2D eigenvalue weighted by molar-refractivity contribution is 5.48. The highest BCUT2D eigenvalue weighted by atomic mass is 19.1. The van der Waals surface area contributed by atoms with Gasteiger partial charge in [0.1, 0.15) is 5.82 Å². The molecule has 2 aromatic rings. The number of hydrogen-bond donors (Lipinski definition) is 0. The van der Waals surface area contributed by atoms with E-state index in [1.165, 1.54) is 6.07 Å². The monoisotopic (exact) mass is 388 g/mol. The highest BCUT2D eigenvalue weighted by Crippen LogP contribution is 2.28. The molecular weight excluding hydrogens is 359 g/mol. The first-order valence-electron chi connectivity index (χ1n) is 10.4. The van der Waals surface area contributed by atoms with Crippen LogP contribution in [0.15, 0.2) is 24.3 Å². The number of ether oxygens (including phenoxy) is 1. The summed E-state index contributed by atoms with van der Waals surface area (Å²) in [4.78, 5) is 4.57. The van der Waals surface area contributed by atoms with Crippen molar-refractivity contribution >= 4 is 5.69 Å². The van der Waals surface area contributed by atoms with Gasteiger partial charge in [-0.05, 0) is 41.8 Å². The Morgan fingerprint density at radius 3 is 2.75 bits per heavy atom. The Hall–Kier alpha value is -2.06. The Morgan fingerprint density at radius 2 is 2.04 bits per heavy atom. The molecule has 4 rings (SSSR count). The Balaban J connectivity index is 1.44. The van der Waals surface area contributed by atoms with Crippen LogP contribution in [-0.2, 0) is 11.3 Å². The lowest BCUT2D eigenvalue weighted by Crippen LogP contribution is -2.48. The van der Waals surface area contributed by atoms with E-state index in [1.54, 1.807) is 6.07 Å². The van der Waals surface area contributed by atoms with E-state index in [-0.39, 0.29) is 18.0 Å². The summed E-state index contributed by atoms with van der Waals surface area (Å²) in [5.41, 5.74) is 0.692. The van der Waals surface area contributed by atoms with Crippen LogP contribution in [0, 0.1) is 5.82 Å². The standard InChI is InChI=1S/C20H29FN6O/c1-2-6-19(20-22-23-24-27(20)15-16-7-5-14-28-16)26-12-10-25(11-13-26)18-9-4-3-8-17(18)21/h3-4,8-9,16,19H,2,5-7,10-15H2,1H3/t16-,19+/m1/s1. The van der Waals surface area contributed by atoms with E-state index in [2.05, 4.69) is 32.2 Å². The number of rotatable bonds is 7. The second-order valence-corrected chi connectivity index (χ2v) is 7.63. The van der Waals surface area contributed by atoms with E-state index in [0.717, 1.165) is 70.8 Å². The molecule has 0 bridgehead atoms. The van der Waals surface area contributed by atoms with E-state index in [0.29, 0.717) is 5.69 Å². The molecule has 2 fully saturated rings. The van der Waals surface area contributed by atoms with Gasteiger partial charge in [-0.25, -0.2) is 9.07 Å². The summed E-state index contributed by atoms with van der Waals surface area (Å²) in [6, 6.07) is 7.20. The molecule has 2 aliphatic heterocycles. The third kappa shape index (κ3) is 4.17. The summed E-state index contributed by atoms with van der Waals surface area (Å²) in [7, 11) is 0. The molecule has 0 N–H and O–H groups in total. The zero-order valence-electron chi connectivity index (χ0n) is 16.5. The molecule has 28 heavy (non-hydrogen) atoms. The van der Waals surface area contributed by atoms with Gasteiger partial charge in [0.05, 0.1) is 24.4 Å². The van der Waals surface area contributed by atoms with Crippen LogP contribution in [0.1, 0.15) is 44.5 Å². The third-order valence-electron chi connectivity index (χ3n) is 5.77. The fourth-order valence-corrected chi connectivity index (χ4v) is 4.29. The Kier molecular flexibility index (Phi) is 6.17. The third-order valence-corrected chi connectivity index (χ3v) is 5.77. The average Bonchev–Trinajstić information content (AvgIpc) is 3.39. The van der Waals surface area contributed by atoms with Crippen molar-refractivity contribution < 1.29 is 9.13 Å². The molecule has 0 unspecified atom stereocenters. The number of para-hydroxylation sites is 1. The number of anilines is 1. The molecule has 2 aliphatic rings. The summed E-state index contributed by atoms with van der Waals surface area (Å²) in [6.45, 7) is 7.08. The van der Waals surface area contributed by atoms with Crippen molar-refractivity contribution in [2.45, 2.75) is 51.3 Å². The number of tetrazole rings is 1. The molecule has 2 saturated heterocycles. The van der Waals surface area contributed by atoms with Gasteiger partial charge in [0.25, 0.3) is 0 Å². The minimum absolute atomic E-state index is 0.151. The summed E-state index contributed by atoms with van der Waals surface area (Å²) in [5.74, 6) is 0.776. The van der Waals surface area contributed by atoms with Crippen LogP contribution in [0.4, 0.5) is 10.1 Å². The first-order chi connectivity index (χ1) is 13.8. The average molecular weight is 388 g/mol. The summed E-state index contributed by atoms with van der Waals surface area (Å²) >= 11 is 0. The fraction of sp³-hybridized carbons (Fsp3) is 0.650. The van der Waals surface area contributed by atoms with Gasteiger partial charge in [0.15, 0.2) is 5.82 Å². The molecule has 1 aromatic carbocycles. The first kappa shape index (κ1) is 19.3. The SMILES string of the molecule is CCC[C@@H](c1nnnn1C[C@H]1CCCO1)N1CCN(c2ccccc2F)CC1. The maximum Gasteiger partial charge on any atom is 0.168 e. The Labute approximate surface area is 165 Å². The van der Waals surface area contributed by atoms with Crippen LogP contribution in [0.3, 0.4) is 0 Å². The van der Waals surface area contributed by atoms with Crippen molar-refractivity contribution in [3.63, 3.8) is 0 Å². The number of nitrogens with zero attached hydrogens (tertiary/aromatic N) is 6. The molecule has 1 aromatic heterocycles. The fourth-order valence-electron chi connectivity index (χ4n) is 4.29. The molecule has 0 amide bonds. The van der Waals surface area contributed by atoms with Crippen molar-refractivity contribution in [3.05, 3.63) is 35.9 Å². The molecule has 7 nitrogen and oxygen atoms in total. The van der Waals surface area contributed by atoms with Crippen molar-refractivity contribution in [1.29, 1.82) is 0 Å². The van der Waals surface area contributed by atoms with Gasteiger partial charge >= 0.3 is 0 Å². The van der Waals surface area contributed by atoms with Gasteiger partial charge < -0.3 is 9.64 Å². The zero-order chi connectivity index (χ0) is 19.3. The van der Waals surface area contributed by atoms with E-state index in [1.807, 2.05) is 16.8 Å². The molecule has 0 radical (unpaired) electrons. The van der Waals surface area contributed by atoms with E-state index in [9.17, 15) is 4.39 Å². The molecular formula is C20H29FN6O. The minimum atomic E-state index is -0.151. The van der Waals surface area contributed by atoms with Crippen LogP contribution >= 0.6 is 0 Å². The predicted octanol–water partition coefficient (Wildman–Crippen LogP) is 2.65. The minimum Gasteiger partial charge on any atom is -0.376 e. The number of piperazine rings is 1. The van der Waals surface area contributed by atoms with Crippen molar-refractivity contribution in [1.82, 2.24) is 25.1 Å². The lowest BCUT2D eigenvalue weighted by molar-refractivity contribution is 0.0891. The molecule has 0 spiro atoms. The second kappa shape index (κ2) is 8.96. The molecule has 2 atom stereocenters. The smallest absolute Gasteiger partial charge is 0.168 e. The van der Waals surface area contributed by atoms with E-state index < -0.39 is 0 Å². The van der Waals surface area contributed by atoms with Crippen LogP contribution in [0.2, 0.25) is 0 Å². The van der Waals surface area contributed by atoms with Crippen LogP contribution in [0.5, 0.6) is 0 Å². The zero-order valence-corrected chi connectivity index (χ0v) is 16.5. The van der Waals surface area contributed by atoms with Crippen LogP contribution in [-0.4, -0.2) is 64.0 Å². The van der Waals surface area contributed by atoms with Crippen molar-refractivity contribution in [3.8, 4) is 0 Å². The molecule has 8 heteroatoms. The van der Waals surface area contributed by atoms with Crippen LogP contribution < -0.4 is 4.90 Å². The molecule has 3 heterocycles. The highest BCUT2D eigenvalue weighted by Gasteiger charge is 2.30.